The molecule has 2 unspecified atom stereocenters. The third-order valence-corrected chi connectivity index (χ3v) is 14.7. The lowest BCUT2D eigenvalue weighted by atomic mass is 10.0. The Morgan fingerprint density at radius 2 is 0.671 bits per heavy atom. The first kappa shape index (κ1) is 68.3. The minimum Gasteiger partial charge on any atom is -0.466 e. The van der Waals surface area contributed by atoms with Crippen LogP contribution in [0.2, 0.25) is 0 Å². The number of carbonyl (C=O) groups excluding carboxylic acids is 2. The molecule has 414 valence electrons. The molecule has 0 fully saturated rings. The van der Waals surface area contributed by atoms with E-state index < -0.39 is 12.1 Å². The van der Waals surface area contributed by atoms with Gasteiger partial charge in [0.05, 0.1) is 25.4 Å². The molecule has 0 radical (unpaired) electrons. The number of aliphatic hydroxyl groups excluding tert-OH is 2. The number of rotatable bonds is 59. The molecule has 0 bridgehead atoms. The second kappa shape index (κ2) is 59.9. The Balaban J connectivity index is 3.39. The molecule has 6 heteroatoms. The normalized spacial score (nSPS) is 12.7. The highest BCUT2D eigenvalue weighted by Crippen LogP contribution is 2.18. The average molecular weight is 987 g/mol. The Kier molecular flexibility index (Phi) is 58.5. The average Bonchev–Trinajstić information content (AvgIpc) is 3.36. The van der Waals surface area contributed by atoms with Gasteiger partial charge in [0.2, 0.25) is 5.91 Å². The maximum atomic E-state index is 12.5. The van der Waals surface area contributed by atoms with Gasteiger partial charge in [-0.15, -0.1) is 0 Å². The first-order chi connectivity index (χ1) is 34.5. The summed E-state index contributed by atoms with van der Waals surface area (Å²) < 4.78 is 5.47. The Bertz CT molecular complexity index is 1090. The number of nitrogens with one attached hydrogen (secondary N) is 1. The van der Waals surface area contributed by atoms with E-state index >= 15 is 0 Å². The number of aliphatic hydroxyl groups is 2. The van der Waals surface area contributed by atoms with Crippen LogP contribution >= 0.6 is 0 Å². The largest absolute Gasteiger partial charge is 0.466 e. The van der Waals surface area contributed by atoms with Crippen molar-refractivity contribution in [1.82, 2.24) is 5.32 Å². The predicted octanol–water partition coefficient (Wildman–Crippen LogP) is 19.8. The van der Waals surface area contributed by atoms with Gasteiger partial charge in [-0.05, 0) is 57.8 Å². The zero-order chi connectivity index (χ0) is 50.7. The molecule has 0 saturated heterocycles. The number of esters is 1. The van der Waals surface area contributed by atoms with E-state index in [0.717, 1.165) is 44.9 Å². The van der Waals surface area contributed by atoms with Gasteiger partial charge in [0.1, 0.15) is 0 Å². The van der Waals surface area contributed by atoms with Crippen molar-refractivity contribution in [1.29, 1.82) is 0 Å². The molecule has 0 aliphatic carbocycles. The van der Waals surface area contributed by atoms with E-state index in [1.807, 2.05) is 6.08 Å². The lowest BCUT2D eigenvalue weighted by molar-refractivity contribution is -0.143. The van der Waals surface area contributed by atoms with Crippen LogP contribution in [0.25, 0.3) is 0 Å². The van der Waals surface area contributed by atoms with E-state index in [2.05, 4.69) is 31.3 Å². The minimum absolute atomic E-state index is 0.00515. The zero-order valence-corrected chi connectivity index (χ0v) is 47.3. The predicted molar refractivity (Wildman–Crippen MR) is 306 cm³/mol. The van der Waals surface area contributed by atoms with Crippen LogP contribution in [0.5, 0.6) is 0 Å². The Hall–Kier alpha value is -1.66. The quantitative estimate of drug-likeness (QED) is 0.0321. The van der Waals surface area contributed by atoms with Gasteiger partial charge in [-0.25, -0.2) is 0 Å². The number of hydrogen-bond donors (Lipinski definition) is 3. The fourth-order valence-electron chi connectivity index (χ4n) is 9.87. The minimum atomic E-state index is -0.843. The van der Waals surface area contributed by atoms with Crippen LogP contribution in [0.3, 0.4) is 0 Å². The molecule has 0 heterocycles. The van der Waals surface area contributed by atoms with Gasteiger partial charge < -0.3 is 20.3 Å². The van der Waals surface area contributed by atoms with Gasteiger partial charge in [-0.1, -0.05) is 301 Å². The fraction of sp³-hybridized carbons (Fsp3) is 0.906. The molecule has 0 aliphatic rings. The van der Waals surface area contributed by atoms with Gasteiger partial charge in [-0.3, -0.25) is 9.59 Å². The van der Waals surface area contributed by atoms with E-state index in [9.17, 15) is 19.8 Å². The molecule has 0 aromatic rings. The van der Waals surface area contributed by atoms with Gasteiger partial charge in [0.15, 0.2) is 0 Å². The molecule has 0 rings (SSSR count). The van der Waals surface area contributed by atoms with Gasteiger partial charge in [0.25, 0.3) is 0 Å². The third kappa shape index (κ3) is 55.7. The molecule has 3 N–H and O–H groups in total. The van der Waals surface area contributed by atoms with Crippen molar-refractivity contribution >= 4 is 11.9 Å². The lowest BCUT2D eigenvalue weighted by Crippen LogP contribution is -2.45. The molecule has 0 aromatic carbocycles. The highest BCUT2D eigenvalue weighted by atomic mass is 16.5. The van der Waals surface area contributed by atoms with E-state index in [-0.39, 0.29) is 18.5 Å². The van der Waals surface area contributed by atoms with Crippen molar-refractivity contribution in [2.24, 2.45) is 0 Å². The molecule has 6 nitrogen and oxygen atoms in total. The molecule has 0 aromatic heterocycles. The van der Waals surface area contributed by atoms with Crippen LogP contribution < -0.4 is 5.32 Å². The summed E-state index contributed by atoms with van der Waals surface area (Å²) in [5.74, 6) is -0.0593. The summed E-state index contributed by atoms with van der Waals surface area (Å²) in [6.07, 6.45) is 73.7. The number of unbranched alkanes of at least 4 members (excludes halogenated alkanes) is 46. The van der Waals surface area contributed by atoms with Crippen molar-refractivity contribution in [2.75, 3.05) is 13.2 Å². The molecule has 0 saturated carbocycles. The Morgan fingerprint density at radius 1 is 0.386 bits per heavy atom. The summed E-state index contributed by atoms with van der Waals surface area (Å²) in [5, 5.41) is 23.2. The molecule has 2 atom stereocenters. The van der Waals surface area contributed by atoms with E-state index in [4.69, 9.17) is 4.74 Å². The number of amides is 1. The first-order valence-electron chi connectivity index (χ1n) is 31.6. The molecule has 1 amide bonds. The van der Waals surface area contributed by atoms with Crippen LogP contribution in [-0.2, 0) is 14.3 Å². The molecule has 70 heavy (non-hydrogen) atoms. The van der Waals surface area contributed by atoms with Gasteiger partial charge >= 0.3 is 5.97 Å². The SMILES string of the molecule is CCCCC/C=C\CCCCCCCC(=O)OCCCCCCCCCCCCCCCCCCCCCCCCCCC(=O)NC(CO)C(O)/C=C/CCCCCCCCCCCCCCCCC. The van der Waals surface area contributed by atoms with Crippen LogP contribution in [0.15, 0.2) is 24.3 Å². The summed E-state index contributed by atoms with van der Waals surface area (Å²) in [4.78, 5) is 24.5. The Morgan fingerprint density at radius 3 is 1.04 bits per heavy atom. The van der Waals surface area contributed by atoms with Gasteiger partial charge in [0, 0.05) is 12.8 Å². The molecule has 0 aliphatic heterocycles. The highest BCUT2D eigenvalue weighted by Gasteiger charge is 2.18. The molecular formula is C64H123NO5. The molecule has 0 spiro atoms. The van der Waals surface area contributed by atoms with Gasteiger partial charge in [-0.2, -0.15) is 0 Å². The monoisotopic (exact) mass is 986 g/mol. The van der Waals surface area contributed by atoms with E-state index in [1.54, 1.807) is 6.08 Å². The van der Waals surface area contributed by atoms with Crippen LogP contribution in [-0.4, -0.2) is 47.4 Å². The number of ether oxygens (including phenoxy) is 1. The topological polar surface area (TPSA) is 95.9 Å². The summed E-state index contributed by atoms with van der Waals surface area (Å²) in [5.41, 5.74) is 0. The highest BCUT2D eigenvalue weighted by molar-refractivity contribution is 5.76. The van der Waals surface area contributed by atoms with Crippen LogP contribution in [0, 0.1) is 0 Å². The zero-order valence-electron chi connectivity index (χ0n) is 47.3. The standard InChI is InChI=1S/C64H123NO5/c1-3-5-7-9-11-13-15-17-18-27-30-33-36-40-44-48-52-56-62(67)61(60-66)65-63(68)57-53-49-45-41-37-34-31-28-25-23-21-19-20-22-24-26-29-32-35-39-43-47-51-55-59-70-64(69)58-54-50-46-42-38-16-14-12-10-8-6-4-2/h12,14,52,56,61-62,66-67H,3-11,13,15-51,53-55,57-60H2,1-2H3,(H,65,68)/b14-12-,56-52+. The summed E-state index contributed by atoms with van der Waals surface area (Å²) in [6.45, 7) is 4.90. The number of hydrogen-bond acceptors (Lipinski definition) is 5. The Labute approximate surface area is 437 Å². The fourth-order valence-corrected chi connectivity index (χ4v) is 9.87. The summed E-state index contributed by atoms with van der Waals surface area (Å²) >= 11 is 0. The second-order valence-corrected chi connectivity index (χ2v) is 21.7. The van der Waals surface area contributed by atoms with E-state index in [0.29, 0.717) is 19.4 Å². The second-order valence-electron chi connectivity index (χ2n) is 21.7. The molecular weight excluding hydrogens is 863 g/mol. The van der Waals surface area contributed by atoms with Crippen molar-refractivity contribution in [3.8, 4) is 0 Å². The van der Waals surface area contributed by atoms with Crippen molar-refractivity contribution in [2.45, 2.75) is 360 Å². The summed E-state index contributed by atoms with van der Waals surface area (Å²) in [7, 11) is 0. The van der Waals surface area contributed by atoms with Crippen molar-refractivity contribution in [3.63, 3.8) is 0 Å². The third-order valence-electron chi connectivity index (χ3n) is 14.7. The van der Waals surface area contributed by atoms with Crippen LogP contribution in [0.1, 0.15) is 348 Å². The summed E-state index contributed by atoms with van der Waals surface area (Å²) in [6, 6.07) is -0.627. The smallest absolute Gasteiger partial charge is 0.305 e. The first-order valence-corrected chi connectivity index (χ1v) is 31.6. The van der Waals surface area contributed by atoms with Crippen molar-refractivity contribution in [3.05, 3.63) is 24.3 Å². The maximum absolute atomic E-state index is 12.5. The van der Waals surface area contributed by atoms with E-state index in [1.165, 1.54) is 276 Å². The number of allylic oxidation sites excluding steroid dienone is 3. The maximum Gasteiger partial charge on any atom is 0.305 e. The lowest BCUT2D eigenvalue weighted by Gasteiger charge is -2.20. The number of carbonyl (C=O) groups is 2. The van der Waals surface area contributed by atoms with Crippen LogP contribution in [0.4, 0.5) is 0 Å². The van der Waals surface area contributed by atoms with Crippen molar-refractivity contribution < 1.29 is 24.5 Å².